The molecule has 0 atom stereocenters. The second kappa shape index (κ2) is 5.24. The number of hydrogen-bond donors (Lipinski definition) is 0. The molecule has 3 heteroatoms. The smallest absolute Gasteiger partial charge is 0.149 e. The van der Waals surface area contributed by atoms with E-state index in [0.717, 1.165) is 36.9 Å². The van der Waals surface area contributed by atoms with Crippen molar-refractivity contribution in [2.45, 2.75) is 9.79 Å². The lowest BCUT2D eigenvalue weighted by molar-refractivity contribution is 0.456. The summed E-state index contributed by atoms with van der Waals surface area (Å²) < 4.78 is 7.24. The lowest BCUT2D eigenvalue weighted by Crippen LogP contribution is -1.96. The largest absolute Gasteiger partial charge is 0.454 e. The van der Waals surface area contributed by atoms with Gasteiger partial charge in [0, 0.05) is 10.0 Å². The minimum absolute atomic E-state index is 0.928. The van der Waals surface area contributed by atoms with E-state index < -0.39 is 0 Å². The lowest BCUT2D eigenvalue weighted by atomic mass is 10.0. The Hall–Kier alpha value is -1.71. The van der Waals surface area contributed by atoms with Gasteiger partial charge in [-0.3, -0.25) is 0 Å². The number of para-hydroxylation sites is 2. The Morgan fingerprint density at radius 3 is 2.52 bits per heavy atom. The highest BCUT2D eigenvalue weighted by Gasteiger charge is 2.20. The molecule has 0 fully saturated rings. The molecule has 1 nitrogen and oxygen atoms in total. The first-order valence-electron chi connectivity index (χ1n) is 6.65. The average molecular weight is 355 g/mol. The third-order valence-electron chi connectivity index (χ3n) is 3.40. The number of halogens is 1. The van der Waals surface area contributed by atoms with Crippen molar-refractivity contribution in [1.29, 1.82) is 0 Å². The van der Waals surface area contributed by atoms with Crippen molar-refractivity contribution in [1.82, 2.24) is 0 Å². The van der Waals surface area contributed by atoms with Crippen LogP contribution in [0.5, 0.6) is 11.5 Å². The van der Waals surface area contributed by atoms with Crippen molar-refractivity contribution >= 4 is 27.7 Å². The maximum atomic E-state index is 6.17. The van der Waals surface area contributed by atoms with Crippen molar-refractivity contribution in [2.24, 2.45) is 0 Å². The molecule has 0 bridgehead atoms. The maximum absolute atomic E-state index is 6.17. The van der Waals surface area contributed by atoms with E-state index in [4.69, 9.17) is 4.74 Å². The molecule has 1 aliphatic rings. The topological polar surface area (TPSA) is 9.23 Å². The van der Waals surface area contributed by atoms with E-state index in [1.165, 1.54) is 0 Å². The van der Waals surface area contributed by atoms with E-state index in [1.807, 2.05) is 30.3 Å². The molecule has 0 unspecified atom stereocenters. The second-order valence-electron chi connectivity index (χ2n) is 4.79. The molecule has 4 rings (SSSR count). The molecule has 102 valence electrons. The first-order chi connectivity index (χ1) is 10.3. The molecule has 0 spiro atoms. The summed E-state index contributed by atoms with van der Waals surface area (Å²) in [6.07, 6.45) is 0. The van der Waals surface area contributed by atoms with Crippen LogP contribution in [0.15, 0.2) is 81.0 Å². The Labute approximate surface area is 136 Å². The summed E-state index contributed by atoms with van der Waals surface area (Å²) in [6, 6.07) is 22.7. The predicted octanol–water partition coefficient (Wildman–Crippen LogP) is 6.37. The third-order valence-corrected chi connectivity index (χ3v) is 4.99. The Kier molecular flexibility index (Phi) is 3.24. The molecule has 0 radical (unpaired) electrons. The lowest BCUT2D eigenvalue weighted by Gasteiger charge is -2.22. The molecule has 3 aromatic rings. The van der Waals surface area contributed by atoms with Crippen LogP contribution in [-0.2, 0) is 0 Å². The summed E-state index contributed by atoms with van der Waals surface area (Å²) in [5.74, 6) is 1.87. The molecular formula is C18H11BrOS. The van der Waals surface area contributed by atoms with Gasteiger partial charge < -0.3 is 4.74 Å². The number of ether oxygens (including phenoxy) is 1. The zero-order valence-electron chi connectivity index (χ0n) is 11.0. The molecule has 0 aliphatic carbocycles. The molecule has 0 amide bonds. The van der Waals surface area contributed by atoms with E-state index in [2.05, 4.69) is 52.3 Å². The average Bonchev–Trinajstić information content (AvgIpc) is 2.52. The van der Waals surface area contributed by atoms with Crippen LogP contribution < -0.4 is 4.74 Å². The molecule has 0 N–H and O–H groups in total. The molecule has 21 heavy (non-hydrogen) atoms. The molecular weight excluding hydrogens is 344 g/mol. The molecule has 1 heterocycles. The Morgan fingerprint density at radius 2 is 1.62 bits per heavy atom. The molecule has 1 aliphatic heterocycles. The van der Waals surface area contributed by atoms with E-state index in [0.29, 0.717) is 0 Å². The van der Waals surface area contributed by atoms with Crippen LogP contribution >= 0.6 is 27.7 Å². The minimum atomic E-state index is 0.928. The first kappa shape index (κ1) is 13.0. The Morgan fingerprint density at radius 1 is 0.810 bits per heavy atom. The highest BCUT2D eigenvalue weighted by Crippen LogP contribution is 2.50. The van der Waals surface area contributed by atoms with Gasteiger partial charge in [0.2, 0.25) is 0 Å². The van der Waals surface area contributed by atoms with Gasteiger partial charge in [-0.25, -0.2) is 0 Å². The highest BCUT2D eigenvalue weighted by molar-refractivity contribution is 9.10. The van der Waals surface area contributed by atoms with Crippen molar-refractivity contribution in [3.63, 3.8) is 0 Å². The van der Waals surface area contributed by atoms with E-state index in [-0.39, 0.29) is 0 Å². The van der Waals surface area contributed by atoms with E-state index in [9.17, 15) is 0 Å². The van der Waals surface area contributed by atoms with Gasteiger partial charge in [-0.05, 0) is 35.9 Å². The number of benzene rings is 3. The summed E-state index contributed by atoms with van der Waals surface area (Å²) in [7, 11) is 0. The summed E-state index contributed by atoms with van der Waals surface area (Å²) in [5.41, 5.74) is 2.28. The van der Waals surface area contributed by atoms with Crippen molar-refractivity contribution < 1.29 is 4.74 Å². The quantitative estimate of drug-likeness (QED) is 0.392. The Balaban J connectivity index is 1.86. The molecule has 3 aromatic carbocycles. The Bertz CT molecular complexity index is 829. The third kappa shape index (κ3) is 2.37. The standard InChI is InChI=1S/C18H11BrOS/c19-13-6-3-5-12(11-13)14-7-4-10-17-18(14)20-15-8-1-2-9-16(15)21-17/h1-11H. The zero-order valence-corrected chi connectivity index (χ0v) is 13.4. The zero-order chi connectivity index (χ0) is 14.2. The summed E-state index contributed by atoms with van der Waals surface area (Å²) >= 11 is 5.29. The van der Waals surface area contributed by atoms with E-state index >= 15 is 0 Å². The van der Waals surface area contributed by atoms with Crippen LogP contribution in [0.3, 0.4) is 0 Å². The fourth-order valence-electron chi connectivity index (χ4n) is 2.43. The van der Waals surface area contributed by atoms with Crippen molar-refractivity contribution in [3.8, 4) is 22.6 Å². The van der Waals surface area contributed by atoms with Crippen LogP contribution in [0, 0.1) is 0 Å². The van der Waals surface area contributed by atoms with Gasteiger partial charge >= 0.3 is 0 Å². The summed E-state index contributed by atoms with van der Waals surface area (Å²) in [4.78, 5) is 2.32. The minimum Gasteiger partial charge on any atom is -0.454 e. The highest BCUT2D eigenvalue weighted by atomic mass is 79.9. The van der Waals surface area contributed by atoms with Gasteiger partial charge in [-0.15, -0.1) is 0 Å². The SMILES string of the molecule is Brc1cccc(-c2cccc3c2Oc2ccccc2S3)c1. The summed E-state index contributed by atoms with van der Waals surface area (Å²) in [5, 5.41) is 0. The normalized spacial score (nSPS) is 12.2. The molecule has 0 saturated heterocycles. The molecule has 0 saturated carbocycles. The van der Waals surface area contributed by atoms with Gasteiger partial charge in [0.1, 0.15) is 11.5 Å². The fourth-order valence-corrected chi connectivity index (χ4v) is 3.82. The fraction of sp³-hybridized carbons (Fsp3) is 0. The van der Waals surface area contributed by atoms with Crippen LogP contribution in [-0.4, -0.2) is 0 Å². The van der Waals surface area contributed by atoms with Crippen LogP contribution in [0.4, 0.5) is 0 Å². The monoisotopic (exact) mass is 354 g/mol. The van der Waals surface area contributed by atoms with Crippen LogP contribution in [0.2, 0.25) is 0 Å². The first-order valence-corrected chi connectivity index (χ1v) is 8.26. The number of rotatable bonds is 1. The van der Waals surface area contributed by atoms with Gasteiger partial charge in [0.25, 0.3) is 0 Å². The number of hydrogen-bond acceptors (Lipinski definition) is 2. The van der Waals surface area contributed by atoms with E-state index in [1.54, 1.807) is 11.8 Å². The van der Waals surface area contributed by atoms with Gasteiger partial charge in [-0.1, -0.05) is 64.1 Å². The predicted molar refractivity (Wildman–Crippen MR) is 90.2 cm³/mol. The van der Waals surface area contributed by atoms with Crippen LogP contribution in [0.25, 0.3) is 11.1 Å². The van der Waals surface area contributed by atoms with Gasteiger partial charge in [0.05, 0.1) is 9.79 Å². The van der Waals surface area contributed by atoms with Crippen molar-refractivity contribution in [2.75, 3.05) is 0 Å². The summed E-state index contributed by atoms with van der Waals surface area (Å²) in [6.45, 7) is 0. The van der Waals surface area contributed by atoms with Crippen molar-refractivity contribution in [3.05, 3.63) is 71.2 Å². The van der Waals surface area contributed by atoms with Crippen LogP contribution in [0.1, 0.15) is 0 Å². The maximum Gasteiger partial charge on any atom is 0.149 e. The molecule has 0 aromatic heterocycles. The number of fused-ring (bicyclic) bond motifs is 2. The van der Waals surface area contributed by atoms with Gasteiger partial charge in [-0.2, -0.15) is 0 Å². The second-order valence-corrected chi connectivity index (χ2v) is 6.79. The van der Waals surface area contributed by atoms with Gasteiger partial charge in [0.15, 0.2) is 0 Å².